The molecule has 90 valence electrons. The highest BCUT2D eigenvalue weighted by Crippen LogP contribution is 2.27. The summed E-state index contributed by atoms with van der Waals surface area (Å²) in [6, 6.07) is 11.6. The number of hydrogen-bond donors (Lipinski definition) is 0. The molecule has 0 N–H and O–H groups in total. The van der Waals surface area contributed by atoms with Crippen molar-refractivity contribution < 1.29 is 4.42 Å². The van der Waals surface area contributed by atoms with Crippen LogP contribution in [-0.4, -0.2) is 4.98 Å². The highest BCUT2D eigenvalue weighted by atomic mass is 35.5. The zero-order valence-corrected chi connectivity index (χ0v) is 11.0. The van der Waals surface area contributed by atoms with E-state index in [9.17, 15) is 0 Å². The van der Waals surface area contributed by atoms with Crippen LogP contribution in [0.4, 0.5) is 0 Å². The number of aryl methyl sites for hydroxylation is 2. The molecule has 0 aliphatic carbocycles. The van der Waals surface area contributed by atoms with Gasteiger partial charge in [0.25, 0.3) is 0 Å². The van der Waals surface area contributed by atoms with Crippen LogP contribution in [0.5, 0.6) is 0 Å². The number of nitrogens with zero attached hydrogens (tertiary/aromatic N) is 1. The minimum atomic E-state index is 0.635. The first kappa shape index (κ1) is 11.3. The normalized spacial score (nSPS) is 11.1. The third-order valence-electron chi connectivity index (χ3n) is 3.10. The quantitative estimate of drug-likeness (QED) is 0.628. The van der Waals surface area contributed by atoms with Gasteiger partial charge in [0.05, 0.1) is 0 Å². The summed E-state index contributed by atoms with van der Waals surface area (Å²) in [6.07, 6.45) is 0. The van der Waals surface area contributed by atoms with E-state index < -0.39 is 0 Å². The van der Waals surface area contributed by atoms with Crippen molar-refractivity contribution in [3.63, 3.8) is 0 Å². The second kappa shape index (κ2) is 4.14. The molecule has 0 fully saturated rings. The highest BCUT2D eigenvalue weighted by molar-refractivity contribution is 6.31. The van der Waals surface area contributed by atoms with Gasteiger partial charge in [-0.1, -0.05) is 17.7 Å². The van der Waals surface area contributed by atoms with Crippen LogP contribution in [0.2, 0.25) is 5.02 Å². The minimum Gasteiger partial charge on any atom is -0.436 e. The van der Waals surface area contributed by atoms with Crippen molar-refractivity contribution >= 4 is 22.7 Å². The van der Waals surface area contributed by atoms with E-state index in [1.807, 2.05) is 18.2 Å². The Morgan fingerprint density at radius 1 is 1.00 bits per heavy atom. The second-order valence-electron chi connectivity index (χ2n) is 4.43. The summed E-state index contributed by atoms with van der Waals surface area (Å²) in [6.45, 7) is 4.17. The predicted molar refractivity (Wildman–Crippen MR) is 73.9 cm³/mol. The molecule has 3 aromatic rings. The maximum Gasteiger partial charge on any atom is 0.227 e. The lowest BCUT2D eigenvalue weighted by molar-refractivity contribution is 0.620. The number of oxazole rings is 1. The first-order chi connectivity index (χ1) is 8.63. The minimum absolute atomic E-state index is 0.635. The number of fused-ring (bicyclic) bond motifs is 1. The van der Waals surface area contributed by atoms with Crippen molar-refractivity contribution in [2.75, 3.05) is 0 Å². The standard InChI is InChI=1S/C15H12ClNO/c1-9-3-4-11(7-10(9)2)15-17-13-8-12(16)5-6-14(13)18-15/h3-8H,1-2H3. The fourth-order valence-corrected chi connectivity index (χ4v) is 2.06. The van der Waals surface area contributed by atoms with Crippen molar-refractivity contribution in [3.05, 3.63) is 52.5 Å². The third-order valence-corrected chi connectivity index (χ3v) is 3.34. The first-order valence-corrected chi connectivity index (χ1v) is 6.15. The van der Waals surface area contributed by atoms with Gasteiger partial charge in [-0.25, -0.2) is 4.98 Å². The smallest absolute Gasteiger partial charge is 0.227 e. The van der Waals surface area contributed by atoms with Gasteiger partial charge < -0.3 is 4.42 Å². The molecule has 3 heteroatoms. The summed E-state index contributed by atoms with van der Waals surface area (Å²) >= 11 is 5.94. The zero-order valence-electron chi connectivity index (χ0n) is 10.2. The Morgan fingerprint density at radius 3 is 2.61 bits per heavy atom. The Hall–Kier alpha value is -1.80. The number of hydrogen-bond acceptors (Lipinski definition) is 2. The molecule has 1 aromatic heterocycles. The van der Waals surface area contributed by atoms with E-state index >= 15 is 0 Å². The average molecular weight is 258 g/mol. The second-order valence-corrected chi connectivity index (χ2v) is 4.87. The largest absolute Gasteiger partial charge is 0.436 e. The van der Waals surface area contributed by atoms with E-state index in [4.69, 9.17) is 16.0 Å². The van der Waals surface area contributed by atoms with Crippen molar-refractivity contribution in [2.45, 2.75) is 13.8 Å². The summed E-state index contributed by atoms with van der Waals surface area (Å²) in [5.74, 6) is 0.635. The van der Waals surface area contributed by atoms with E-state index in [1.54, 1.807) is 6.07 Å². The van der Waals surface area contributed by atoms with Crippen LogP contribution in [0.3, 0.4) is 0 Å². The molecule has 0 saturated carbocycles. The maximum atomic E-state index is 5.94. The van der Waals surface area contributed by atoms with Gasteiger partial charge in [-0.15, -0.1) is 0 Å². The average Bonchev–Trinajstić information content (AvgIpc) is 2.75. The fourth-order valence-electron chi connectivity index (χ4n) is 1.90. The summed E-state index contributed by atoms with van der Waals surface area (Å²) in [5.41, 5.74) is 5.03. The van der Waals surface area contributed by atoms with Crippen molar-refractivity contribution in [1.82, 2.24) is 4.98 Å². The Kier molecular flexibility index (Phi) is 2.60. The lowest BCUT2D eigenvalue weighted by Crippen LogP contribution is -1.83. The van der Waals surface area contributed by atoms with Gasteiger partial charge in [-0.2, -0.15) is 0 Å². The highest BCUT2D eigenvalue weighted by Gasteiger charge is 2.09. The number of rotatable bonds is 1. The predicted octanol–water partition coefficient (Wildman–Crippen LogP) is 4.77. The van der Waals surface area contributed by atoms with Crippen molar-refractivity contribution in [2.24, 2.45) is 0 Å². The van der Waals surface area contributed by atoms with Crippen molar-refractivity contribution in [3.8, 4) is 11.5 Å². The third kappa shape index (κ3) is 1.89. The molecule has 0 unspecified atom stereocenters. The van der Waals surface area contributed by atoms with Crippen LogP contribution >= 0.6 is 11.6 Å². The molecule has 0 spiro atoms. The van der Waals surface area contributed by atoms with Crippen LogP contribution in [0.1, 0.15) is 11.1 Å². The molecule has 0 aliphatic rings. The van der Waals surface area contributed by atoms with Crippen LogP contribution in [0.15, 0.2) is 40.8 Å². The van der Waals surface area contributed by atoms with E-state index in [0.717, 1.165) is 16.7 Å². The van der Waals surface area contributed by atoms with Crippen LogP contribution < -0.4 is 0 Å². The molecule has 0 bridgehead atoms. The lowest BCUT2D eigenvalue weighted by atomic mass is 10.1. The zero-order chi connectivity index (χ0) is 12.7. The monoisotopic (exact) mass is 257 g/mol. The molecular weight excluding hydrogens is 246 g/mol. The van der Waals surface area contributed by atoms with Gasteiger partial charge >= 0.3 is 0 Å². The molecule has 0 saturated heterocycles. The van der Waals surface area contributed by atoms with E-state index in [0.29, 0.717) is 10.9 Å². The van der Waals surface area contributed by atoms with Gasteiger partial charge in [0.1, 0.15) is 5.52 Å². The number of halogens is 1. The Morgan fingerprint density at radius 2 is 1.83 bits per heavy atom. The molecule has 2 aromatic carbocycles. The Bertz CT molecular complexity index is 730. The summed E-state index contributed by atoms with van der Waals surface area (Å²) in [7, 11) is 0. The van der Waals surface area contributed by atoms with Gasteiger partial charge in [-0.3, -0.25) is 0 Å². The van der Waals surface area contributed by atoms with Crippen LogP contribution in [-0.2, 0) is 0 Å². The SMILES string of the molecule is Cc1ccc(-c2nc3cc(Cl)ccc3o2)cc1C. The van der Waals surface area contributed by atoms with Crippen molar-refractivity contribution in [1.29, 1.82) is 0 Å². The lowest BCUT2D eigenvalue weighted by Gasteiger charge is -2.01. The first-order valence-electron chi connectivity index (χ1n) is 5.77. The molecule has 0 atom stereocenters. The Balaban J connectivity index is 2.16. The molecule has 0 aliphatic heterocycles. The van der Waals surface area contributed by atoms with E-state index in [1.165, 1.54) is 11.1 Å². The van der Waals surface area contributed by atoms with Gasteiger partial charge in [0, 0.05) is 10.6 Å². The maximum absolute atomic E-state index is 5.94. The number of benzene rings is 2. The fraction of sp³-hybridized carbons (Fsp3) is 0.133. The van der Waals surface area contributed by atoms with Gasteiger partial charge in [0.2, 0.25) is 5.89 Å². The molecule has 18 heavy (non-hydrogen) atoms. The van der Waals surface area contributed by atoms with E-state index in [-0.39, 0.29) is 0 Å². The Labute approximate surface area is 110 Å². The molecular formula is C15H12ClNO. The molecule has 2 nitrogen and oxygen atoms in total. The summed E-state index contributed by atoms with van der Waals surface area (Å²) < 4.78 is 5.73. The molecule has 1 heterocycles. The van der Waals surface area contributed by atoms with E-state index in [2.05, 4.69) is 31.0 Å². The molecule has 0 amide bonds. The topological polar surface area (TPSA) is 26.0 Å². The molecule has 3 rings (SSSR count). The number of aromatic nitrogens is 1. The van der Waals surface area contributed by atoms with Gasteiger partial charge in [-0.05, 0) is 55.3 Å². The van der Waals surface area contributed by atoms with Crippen LogP contribution in [0, 0.1) is 13.8 Å². The summed E-state index contributed by atoms with van der Waals surface area (Å²) in [5, 5.41) is 0.669. The summed E-state index contributed by atoms with van der Waals surface area (Å²) in [4.78, 5) is 4.46. The molecule has 0 radical (unpaired) electrons. The van der Waals surface area contributed by atoms with Crippen LogP contribution in [0.25, 0.3) is 22.6 Å². The van der Waals surface area contributed by atoms with Gasteiger partial charge in [0.15, 0.2) is 5.58 Å².